The fraction of sp³-hybridized carbons (Fsp3) is 0.875. The van der Waals surface area contributed by atoms with E-state index in [9.17, 15) is 0 Å². The van der Waals surface area contributed by atoms with Crippen molar-refractivity contribution in [3.05, 3.63) is 12.2 Å². The summed E-state index contributed by atoms with van der Waals surface area (Å²) in [5.74, 6) is 0. The molecule has 0 unspecified atom stereocenters. The van der Waals surface area contributed by atoms with Crippen LogP contribution in [0.15, 0.2) is 12.2 Å². The van der Waals surface area contributed by atoms with Crippen molar-refractivity contribution in [2.75, 3.05) is 13.9 Å². The number of hydrogen-bond donors (Lipinski definition) is 0. The highest BCUT2D eigenvalue weighted by atomic mass is 28.4. The summed E-state index contributed by atoms with van der Waals surface area (Å²) >= 11 is 0. The maximum Gasteiger partial charge on any atom is 0.193 e. The van der Waals surface area contributed by atoms with E-state index in [1.54, 1.807) is 7.11 Å². The van der Waals surface area contributed by atoms with E-state index in [-0.39, 0.29) is 16.7 Å². The molecule has 0 aliphatic heterocycles. The molecule has 3 nitrogen and oxygen atoms in total. The van der Waals surface area contributed by atoms with Gasteiger partial charge in [0.05, 0.1) is 6.10 Å². The first-order valence-corrected chi connectivity index (χ1v) is 10.4. The van der Waals surface area contributed by atoms with Crippen LogP contribution < -0.4 is 0 Å². The molecule has 0 heterocycles. The van der Waals surface area contributed by atoms with Crippen molar-refractivity contribution in [2.24, 2.45) is 0 Å². The van der Waals surface area contributed by atoms with Crippen LogP contribution in [0.1, 0.15) is 47.0 Å². The lowest BCUT2D eigenvalue weighted by Crippen LogP contribution is -2.54. The van der Waals surface area contributed by atoms with Gasteiger partial charge in [-0.3, -0.25) is 0 Å². The average Bonchev–Trinajstić information content (AvgIpc) is 2.68. The van der Waals surface area contributed by atoms with E-state index in [2.05, 4.69) is 47.4 Å². The first-order chi connectivity index (χ1) is 9.07. The van der Waals surface area contributed by atoms with Crippen LogP contribution in [0, 0.1) is 0 Å². The van der Waals surface area contributed by atoms with E-state index in [1.807, 2.05) is 0 Å². The van der Waals surface area contributed by atoms with Gasteiger partial charge in [0.1, 0.15) is 12.4 Å². The lowest BCUT2D eigenvalue weighted by molar-refractivity contribution is -0.123. The Bertz CT molecular complexity index is 346. The molecule has 1 fully saturated rings. The van der Waals surface area contributed by atoms with Crippen LogP contribution in [-0.2, 0) is 13.9 Å². The molecule has 0 aromatic rings. The van der Waals surface area contributed by atoms with Crippen molar-refractivity contribution in [2.45, 2.75) is 76.8 Å². The summed E-state index contributed by atoms with van der Waals surface area (Å²) < 4.78 is 17.8. The maximum atomic E-state index is 6.78. The summed E-state index contributed by atoms with van der Waals surface area (Å²) in [6, 6.07) is 0. The van der Waals surface area contributed by atoms with E-state index < -0.39 is 8.32 Å². The number of ether oxygens (including phenoxy) is 2. The van der Waals surface area contributed by atoms with Gasteiger partial charge >= 0.3 is 0 Å². The Morgan fingerprint density at radius 2 is 1.95 bits per heavy atom. The normalized spacial score (nSPS) is 27.9. The van der Waals surface area contributed by atoms with Crippen LogP contribution in [0.4, 0.5) is 0 Å². The van der Waals surface area contributed by atoms with Gasteiger partial charge in [-0.25, -0.2) is 0 Å². The van der Waals surface area contributed by atoms with E-state index in [1.165, 1.54) is 0 Å². The van der Waals surface area contributed by atoms with Crippen LogP contribution in [0.25, 0.3) is 0 Å². The highest BCUT2D eigenvalue weighted by molar-refractivity contribution is 6.74. The van der Waals surface area contributed by atoms with Gasteiger partial charge in [0.2, 0.25) is 0 Å². The second-order valence-electron chi connectivity index (χ2n) is 7.49. The molecule has 4 heteroatoms. The monoisotopic (exact) mass is 300 g/mol. The van der Waals surface area contributed by atoms with Gasteiger partial charge in [-0.1, -0.05) is 27.4 Å². The van der Waals surface area contributed by atoms with Crippen LogP contribution in [0.3, 0.4) is 0 Å². The third-order valence-corrected chi connectivity index (χ3v) is 9.37. The molecule has 1 rings (SSSR count). The summed E-state index contributed by atoms with van der Waals surface area (Å²) in [6.07, 6.45) is 3.21. The second-order valence-corrected chi connectivity index (χ2v) is 12.2. The summed E-state index contributed by atoms with van der Waals surface area (Å²) in [4.78, 5) is 0. The first kappa shape index (κ1) is 17.9. The summed E-state index contributed by atoms with van der Waals surface area (Å²) in [7, 11) is -0.209. The Hall–Kier alpha value is -0.163. The molecule has 0 spiro atoms. The Morgan fingerprint density at radius 3 is 2.40 bits per heavy atom. The molecule has 0 aromatic heterocycles. The van der Waals surface area contributed by atoms with Crippen molar-refractivity contribution in [1.29, 1.82) is 0 Å². The Balaban J connectivity index is 3.01. The molecule has 0 saturated heterocycles. The van der Waals surface area contributed by atoms with Crippen LogP contribution >= 0.6 is 0 Å². The molecular weight excluding hydrogens is 268 g/mol. The van der Waals surface area contributed by atoms with Gasteiger partial charge in [-0.15, -0.1) is 0 Å². The zero-order valence-corrected chi connectivity index (χ0v) is 15.3. The average molecular weight is 301 g/mol. The van der Waals surface area contributed by atoms with Crippen molar-refractivity contribution < 1.29 is 13.9 Å². The van der Waals surface area contributed by atoms with E-state index in [0.29, 0.717) is 6.79 Å². The summed E-state index contributed by atoms with van der Waals surface area (Å²) in [6.45, 7) is 18.0. The number of hydrogen-bond acceptors (Lipinski definition) is 3. The minimum atomic E-state index is -1.87. The van der Waals surface area contributed by atoms with Gasteiger partial charge in [0.25, 0.3) is 0 Å². The molecule has 20 heavy (non-hydrogen) atoms. The molecule has 0 N–H and O–H groups in total. The fourth-order valence-corrected chi connectivity index (χ4v) is 4.24. The van der Waals surface area contributed by atoms with Gasteiger partial charge < -0.3 is 13.9 Å². The Morgan fingerprint density at radius 1 is 1.35 bits per heavy atom. The molecule has 1 saturated carbocycles. The van der Waals surface area contributed by atoms with Crippen molar-refractivity contribution in [1.82, 2.24) is 0 Å². The zero-order valence-electron chi connectivity index (χ0n) is 14.3. The standard InChI is InChI=1S/C16H32O3Si/c1-13(2)16(19-20(7,8)15(3,4)5)11-9-10-14(16)18-12-17-6/h14H,1,9-12H2,2-8H3/t14-,16-/m0/s1. The van der Waals surface area contributed by atoms with Gasteiger partial charge in [0, 0.05) is 7.11 Å². The highest BCUT2D eigenvalue weighted by Crippen LogP contribution is 2.47. The van der Waals surface area contributed by atoms with E-state index in [0.717, 1.165) is 24.8 Å². The molecule has 1 aliphatic carbocycles. The zero-order chi connectivity index (χ0) is 15.6. The van der Waals surface area contributed by atoms with E-state index in [4.69, 9.17) is 13.9 Å². The van der Waals surface area contributed by atoms with Gasteiger partial charge in [-0.2, -0.15) is 0 Å². The number of rotatable bonds is 6. The fourth-order valence-electron chi connectivity index (χ4n) is 2.61. The molecule has 0 bridgehead atoms. The molecule has 2 atom stereocenters. The minimum absolute atomic E-state index is 0.0640. The minimum Gasteiger partial charge on any atom is -0.405 e. The molecule has 1 aliphatic rings. The third kappa shape index (κ3) is 3.53. The topological polar surface area (TPSA) is 27.7 Å². The maximum absolute atomic E-state index is 6.78. The molecule has 0 aromatic carbocycles. The molecule has 118 valence electrons. The van der Waals surface area contributed by atoms with Gasteiger partial charge in [0.15, 0.2) is 8.32 Å². The first-order valence-electron chi connectivity index (χ1n) is 7.53. The van der Waals surface area contributed by atoms with Crippen LogP contribution in [-0.4, -0.2) is 33.9 Å². The van der Waals surface area contributed by atoms with Crippen LogP contribution in [0.2, 0.25) is 18.1 Å². The largest absolute Gasteiger partial charge is 0.405 e. The van der Waals surface area contributed by atoms with Crippen molar-refractivity contribution >= 4 is 8.32 Å². The Labute approximate surface area is 125 Å². The van der Waals surface area contributed by atoms with Crippen molar-refractivity contribution in [3.8, 4) is 0 Å². The number of methoxy groups -OCH3 is 1. The lowest BCUT2D eigenvalue weighted by Gasteiger charge is -2.47. The molecular formula is C16H32O3Si. The smallest absolute Gasteiger partial charge is 0.193 e. The van der Waals surface area contributed by atoms with Crippen LogP contribution in [0.5, 0.6) is 0 Å². The van der Waals surface area contributed by atoms with Gasteiger partial charge in [-0.05, 0) is 49.9 Å². The molecule has 0 amide bonds. The SMILES string of the molecule is C=C(C)[C@@]1(O[Si](C)(C)C(C)(C)C)CCC[C@@H]1OCOC. The molecule has 0 radical (unpaired) electrons. The Kier molecular flexibility index (Phi) is 5.64. The predicted molar refractivity (Wildman–Crippen MR) is 86.4 cm³/mol. The highest BCUT2D eigenvalue weighted by Gasteiger charge is 2.51. The second kappa shape index (κ2) is 6.30. The van der Waals surface area contributed by atoms with Crippen molar-refractivity contribution in [3.63, 3.8) is 0 Å². The quantitative estimate of drug-likeness (QED) is 0.411. The summed E-state index contributed by atoms with van der Waals surface area (Å²) in [5, 5.41) is 0.184. The third-order valence-electron chi connectivity index (χ3n) is 4.89. The van der Waals surface area contributed by atoms with E-state index >= 15 is 0 Å². The lowest BCUT2D eigenvalue weighted by atomic mass is 9.92. The predicted octanol–water partition coefficient (Wildman–Crippen LogP) is 4.50. The summed E-state index contributed by atoms with van der Waals surface area (Å²) in [5.41, 5.74) is 0.752.